The van der Waals surface area contributed by atoms with Gasteiger partial charge in [-0.1, -0.05) is 0 Å². The predicted molar refractivity (Wildman–Crippen MR) is 84.6 cm³/mol. The lowest BCUT2D eigenvalue weighted by atomic mass is 10.4. The molecule has 0 fully saturated rings. The second-order valence-electron chi connectivity index (χ2n) is 4.50. The first-order valence-corrected chi connectivity index (χ1v) is 8.09. The molecule has 0 radical (unpaired) electrons. The molecule has 22 heavy (non-hydrogen) atoms. The van der Waals surface area contributed by atoms with Crippen molar-refractivity contribution in [3.05, 3.63) is 40.0 Å². The van der Waals surface area contributed by atoms with Crippen LogP contribution in [0, 0.1) is 6.92 Å². The van der Waals surface area contributed by atoms with Crippen LogP contribution < -0.4 is 5.32 Å². The average molecular weight is 333 g/mol. The topological polar surface area (TPSA) is 85.1 Å². The summed E-state index contributed by atoms with van der Waals surface area (Å²) in [5.74, 6) is 0.918. The molecule has 3 aromatic rings. The van der Waals surface area contributed by atoms with Crippen LogP contribution in [0.2, 0.25) is 0 Å². The number of hydrogen-bond donors (Lipinski definition) is 1. The number of rotatable bonds is 4. The van der Waals surface area contributed by atoms with Crippen molar-refractivity contribution in [2.45, 2.75) is 13.8 Å². The Balaban J connectivity index is 1.75. The Morgan fingerprint density at radius 3 is 2.55 bits per heavy atom. The maximum absolute atomic E-state index is 12.1. The molecule has 0 aliphatic carbocycles. The molecule has 112 valence electrons. The highest BCUT2D eigenvalue weighted by Crippen LogP contribution is 2.26. The van der Waals surface area contributed by atoms with E-state index in [9.17, 15) is 9.59 Å². The lowest BCUT2D eigenvalue weighted by Gasteiger charge is -1.97. The van der Waals surface area contributed by atoms with Gasteiger partial charge in [-0.2, -0.15) is 0 Å². The van der Waals surface area contributed by atoms with Crippen LogP contribution in [-0.4, -0.2) is 21.7 Å². The third kappa shape index (κ3) is 2.97. The number of hydrogen-bond acceptors (Lipinski definition) is 7. The normalized spacial score (nSPS) is 10.6. The summed E-state index contributed by atoms with van der Waals surface area (Å²) in [5, 5.41) is 6.91. The van der Waals surface area contributed by atoms with Gasteiger partial charge in [0.05, 0.1) is 0 Å². The van der Waals surface area contributed by atoms with E-state index in [1.165, 1.54) is 29.6 Å². The van der Waals surface area contributed by atoms with Crippen molar-refractivity contribution >= 4 is 39.5 Å². The third-order valence-corrected chi connectivity index (χ3v) is 4.39. The van der Waals surface area contributed by atoms with Gasteiger partial charge in [0.25, 0.3) is 5.91 Å². The van der Waals surface area contributed by atoms with Gasteiger partial charge >= 0.3 is 0 Å². The Kier molecular flexibility index (Phi) is 3.86. The first-order valence-electron chi connectivity index (χ1n) is 6.33. The van der Waals surface area contributed by atoms with Crippen molar-refractivity contribution in [2.75, 3.05) is 5.32 Å². The molecule has 0 aromatic carbocycles. The standard InChI is InChI=1S/C14H11N3O3S2/c1-7-3-4-11(20-7)13-15-10(6-21-13)12(19)17-14-16-9(5-22-14)8(2)18/h3-6H,1-2H3,(H,16,17,19). The highest BCUT2D eigenvalue weighted by Gasteiger charge is 2.15. The first-order chi connectivity index (χ1) is 10.5. The van der Waals surface area contributed by atoms with E-state index in [0.29, 0.717) is 21.6 Å². The van der Waals surface area contributed by atoms with E-state index in [1.54, 1.807) is 10.8 Å². The highest BCUT2D eigenvalue weighted by molar-refractivity contribution is 7.14. The molecule has 6 nitrogen and oxygen atoms in total. The lowest BCUT2D eigenvalue weighted by Crippen LogP contribution is -2.12. The van der Waals surface area contributed by atoms with Crippen molar-refractivity contribution in [1.29, 1.82) is 0 Å². The van der Waals surface area contributed by atoms with Gasteiger partial charge in [-0.05, 0) is 19.1 Å². The number of aromatic nitrogens is 2. The molecule has 0 saturated heterocycles. The Labute approximate surface area is 133 Å². The Morgan fingerprint density at radius 1 is 1.14 bits per heavy atom. The number of thiazole rings is 2. The smallest absolute Gasteiger partial charge is 0.276 e. The van der Waals surface area contributed by atoms with Crippen LogP contribution in [0.1, 0.15) is 33.7 Å². The molecule has 0 atom stereocenters. The van der Waals surface area contributed by atoms with Crippen LogP contribution in [0.3, 0.4) is 0 Å². The van der Waals surface area contributed by atoms with Gasteiger partial charge in [-0.15, -0.1) is 22.7 Å². The van der Waals surface area contributed by atoms with Gasteiger partial charge in [-0.25, -0.2) is 9.97 Å². The molecule has 8 heteroatoms. The monoisotopic (exact) mass is 333 g/mol. The minimum Gasteiger partial charge on any atom is -0.459 e. The van der Waals surface area contributed by atoms with Gasteiger partial charge < -0.3 is 4.42 Å². The van der Waals surface area contributed by atoms with E-state index in [1.807, 2.05) is 19.1 Å². The van der Waals surface area contributed by atoms with E-state index >= 15 is 0 Å². The predicted octanol–water partition coefficient (Wildman–Crippen LogP) is 3.62. The fourth-order valence-corrected chi connectivity index (χ4v) is 3.20. The highest BCUT2D eigenvalue weighted by atomic mass is 32.1. The molecular weight excluding hydrogens is 322 g/mol. The lowest BCUT2D eigenvalue weighted by molar-refractivity contribution is 0.100. The number of nitrogens with zero attached hydrogens (tertiary/aromatic N) is 2. The Hall–Kier alpha value is -2.32. The first kappa shape index (κ1) is 14.6. The summed E-state index contributed by atoms with van der Waals surface area (Å²) in [4.78, 5) is 31.6. The van der Waals surface area contributed by atoms with Crippen LogP contribution >= 0.6 is 22.7 Å². The Morgan fingerprint density at radius 2 is 1.91 bits per heavy atom. The summed E-state index contributed by atoms with van der Waals surface area (Å²) >= 11 is 2.53. The van der Waals surface area contributed by atoms with Crippen molar-refractivity contribution in [1.82, 2.24) is 9.97 Å². The maximum Gasteiger partial charge on any atom is 0.276 e. The second-order valence-corrected chi connectivity index (χ2v) is 6.21. The summed E-state index contributed by atoms with van der Waals surface area (Å²) in [6.07, 6.45) is 0. The van der Waals surface area contributed by atoms with Gasteiger partial charge in [0.2, 0.25) is 0 Å². The molecule has 0 saturated carbocycles. The van der Waals surface area contributed by atoms with Crippen molar-refractivity contribution < 1.29 is 14.0 Å². The number of ketones is 1. The van der Waals surface area contributed by atoms with Gasteiger partial charge in [0, 0.05) is 17.7 Å². The summed E-state index contributed by atoms with van der Waals surface area (Å²) in [6.45, 7) is 3.28. The number of carbonyl (C=O) groups excluding carboxylic acids is 2. The number of anilines is 1. The third-order valence-electron chi connectivity index (χ3n) is 2.77. The number of furan rings is 1. The summed E-state index contributed by atoms with van der Waals surface area (Å²) in [5.41, 5.74) is 0.624. The maximum atomic E-state index is 12.1. The van der Waals surface area contributed by atoms with Crippen LogP contribution in [0.15, 0.2) is 27.3 Å². The average Bonchev–Trinajstić information content (AvgIpc) is 3.16. The zero-order valence-electron chi connectivity index (χ0n) is 11.7. The number of aryl methyl sites for hydroxylation is 1. The van der Waals surface area contributed by atoms with Crippen LogP contribution in [0.4, 0.5) is 5.13 Å². The molecule has 0 bridgehead atoms. The van der Waals surface area contributed by atoms with Crippen molar-refractivity contribution in [3.63, 3.8) is 0 Å². The van der Waals surface area contributed by atoms with E-state index in [0.717, 1.165) is 5.76 Å². The van der Waals surface area contributed by atoms with E-state index < -0.39 is 0 Å². The molecule has 3 aromatic heterocycles. The minimum absolute atomic E-state index is 0.138. The molecule has 1 amide bonds. The van der Waals surface area contributed by atoms with Crippen LogP contribution in [0.5, 0.6) is 0 Å². The van der Waals surface area contributed by atoms with Crippen molar-refractivity contribution in [2.24, 2.45) is 0 Å². The SMILES string of the molecule is CC(=O)c1csc(NC(=O)c2csc(-c3ccc(C)o3)n2)n1. The quantitative estimate of drug-likeness (QED) is 0.737. The largest absolute Gasteiger partial charge is 0.459 e. The van der Waals surface area contributed by atoms with Gasteiger partial charge in [0.15, 0.2) is 21.7 Å². The Bertz CT molecular complexity index is 847. The fourth-order valence-electron chi connectivity index (χ4n) is 1.69. The van der Waals surface area contributed by atoms with Crippen molar-refractivity contribution in [3.8, 4) is 10.8 Å². The fraction of sp³-hybridized carbons (Fsp3) is 0.143. The molecule has 1 N–H and O–H groups in total. The van der Waals surface area contributed by atoms with Crippen LogP contribution in [-0.2, 0) is 0 Å². The molecule has 3 heterocycles. The molecule has 0 aliphatic rings. The number of carbonyl (C=O) groups is 2. The minimum atomic E-state index is -0.366. The molecule has 3 rings (SSSR count). The van der Waals surface area contributed by atoms with Gasteiger partial charge in [-0.3, -0.25) is 14.9 Å². The zero-order valence-corrected chi connectivity index (χ0v) is 13.4. The van der Waals surface area contributed by atoms with Crippen LogP contribution in [0.25, 0.3) is 10.8 Å². The van der Waals surface area contributed by atoms with E-state index in [-0.39, 0.29) is 17.4 Å². The molecule has 0 unspecified atom stereocenters. The number of Topliss-reactive ketones (excluding diaryl/α,β-unsaturated/α-hetero) is 1. The molecular formula is C14H11N3O3S2. The van der Waals surface area contributed by atoms with E-state index in [4.69, 9.17) is 4.42 Å². The number of amides is 1. The second kappa shape index (κ2) is 5.82. The summed E-state index contributed by atoms with van der Waals surface area (Å²) < 4.78 is 5.48. The summed E-state index contributed by atoms with van der Waals surface area (Å²) in [7, 11) is 0. The zero-order chi connectivity index (χ0) is 15.7. The van der Waals surface area contributed by atoms with E-state index in [2.05, 4.69) is 15.3 Å². The molecule has 0 aliphatic heterocycles. The number of nitrogens with one attached hydrogen (secondary N) is 1. The molecule has 0 spiro atoms. The van der Waals surface area contributed by atoms with Gasteiger partial charge in [0.1, 0.15) is 17.1 Å². The summed E-state index contributed by atoms with van der Waals surface area (Å²) in [6, 6.07) is 3.66.